The standard InChI is InChI=1S/C16H28N4/c1-6-13-19-14(17-5)11(2)15(20-13)18-12-8-7-9-16(3,4)10-12/h12H,6-10H2,1-5H3,(H2,17,18,19,20). The second-order valence-electron chi connectivity index (χ2n) is 6.67. The molecule has 0 spiro atoms. The number of nitrogens with zero attached hydrogens (tertiary/aromatic N) is 2. The van der Waals surface area contributed by atoms with Crippen molar-refractivity contribution in [3.63, 3.8) is 0 Å². The van der Waals surface area contributed by atoms with Gasteiger partial charge in [0.2, 0.25) is 0 Å². The zero-order valence-electron chi connectivity index (χ0n) is 13.5. The molecular formula is C16H28N4. The molecule has 0 aliphatic heterocycles. The second-order valence-corrected chi connectivity index (χ2v) is 6.67. The molecule has 1 unspecified atom stereocenters. The molecule has 2 rings (SSSR count). The van der Waals surface area contributed by atoms with Gasteiger partial charge in [-0.05, 0) is 31.6 Å². The summed E-state index contributed by atoms with van der Waals surface area (Å²) in [6.07, 6.45) is 5.94. The number of hydrogen-bond acceptors (Lipinski definition) is 4. The van der Waals surface area contributed by atoms with Crippen molar-refractivity contribution < 1.29 is 0 Å². The quantitative estimate of drug-likeness (QED) is 0.879. The summed E-state index contributed by atoms with van der Waals surface area (Å²) < 4.78 is 0. The second kappa shape index (κ2) is 5.98. The minimum atomic E-state index is 0.441. The Hall–Kier alpha value is -1.32. The Morgan fingerprint density at radius 2 is 1.95 bits per heavy atom. The largest absolute Gasteiger partial charge is 0.373 e. The van der Waals surface area contributed by atoms with Gasteiger partial charge in [0.05, 0.1) is 0 Å². The predicted octanol–water partition coefficient (Wildman–Crippen LogP) is 3.77. The van der Waals surface area contributed by atoms with E-state index in [-0.39, 0.29) is 0 Å². The third-order valence-electron chi connectivity index (χ3n) is 4.29. The van der Waals surface area contributed by atoms with Crippen LogP contribution in [0.3, 0.4) is 0 Å². The molecule has 4 nitrogen and oxygen atoms in total. The van der Waals surface area contributed by atoms with Crippen LogP contribution in [-0.2, 0) is 6.42 Å². The Kier molecular flexibility index (Phi) is 4.51. The highest BCUT2D eigenvalue weighted by atomic mass is 15.1. The van der Waals surface area contributed by atoms with Gasteiger partial charge in [-0.25, -0.2) is 9.97 Å². The van der Waals surface area contributed by atoms with Crippen LogP contribution in [0.1, 0.15) is 57.8 Å². The predicted molar refractivity (Wildman–Crippen MR) is 85.4 cm³/mol. The lowest BCUT2D eigenvalue weighted by Crippen LogP contribution is -2.32. The van der Waals surface area contributed by atoms with Gasteiger partial charge in [0.15, 0.2) is 0 Å². The zero-order valence-corrected chi connectivity index (χ0v) is 13.5. The maximum absolute atomic E-state index is 4.68. The van der Waals surface area contributed by atoms with Gasteiger partial charge in [0.1, 0.15) is 17.5 Å². The maximum atomic E-state index is 4.68. The Labute approximate surface area is 122 Å². The molecule has 1 aliphatic carbocycles. The summed E-state index contributed by atoms with van der Waals surface area (Å²) >= 11 is 0. The van der Waals surface area contributed by atoms with E-state index in [2.05, 4.69) is 48.3 Å². The van der Waals surface area contributed by atoms with Gasteiger partial charge in [-0.2, -0.15) is 0 Å². The summed E-state index contributed by atoms with van der Waals surface area (Å²) in [5.74, 6) is 2.84. The minimum absolute atomic E-state index is 0.441. The van der Waals surface area contributed by atoms with Gasteiger partial charge in [-0.3, -0.25) is 0 Å². The first-order chi connectivity index (χ1) is 9.45. The molecule has 4 heteroatoms. The fourth-order valence-electron chi connectivity index (χ4n) is 3.12. The van der Waals surface area contributed by atoms with Crippen molar-refractivity contribution >= 4 is 11.6 Å². The SMILES string of the molecule is CCc1nc(NC)c(C)c(NC2CCCC(C)(C)C2)n1. The van der Waals surface area contributed by atoms with Crippen molar-refractivity contribution in [2.24, 2.45) is 5.41 Å². The van der Waals surface area contributed by atoms with Crippen LogP contribution in [0, 0.1) is 12.3 Å². The number of aryl methyl sites for hydroxylation is 1. The summed E-state index contributed by atoms with van der Waals surface area (Å²) in [7, 11) is 1.92. The van der Waals surface area contributed by atoms with E-state index >= 15 is 0 Å². The monoisotopic (exact) mass is 276 g/mol. The number of hydrogen-bond donors (Lipinski definition) is 2. The Morgan fingerprint density at radius 3 is 2.55 bits per heavy atom. The van der Waals surface area contributed by atoms with Gasteiger partial charge >= 0.3 is 0 Å². The molecule has 0 saturated heterocycles. The topological polar surface area (TPSA) is 49.8 Å². The summed E-state index contributed by atoms with van der Waals surface area (Å²) in [6, 6.07) is 0.529. The van der Waals surface area contributed by atoms with Crippen LogP contribution >= 0.6 is 0 Å². The van der Waals surface area contributed by atoms with E-state index < -0.39 is 0 Å². The van der Waals surface area contributed by atoms with Crippen LogP contribution in [0.15, 0.2) is 0 Å². The molecule has 1 atom stereocenters. The first-order valence-electron chi connectivity index (χ1n) is 7.77. The average molecular weight is 276 g/mol. The molecule has 1 saturated carbocycles. The van der Waals surface area contributed by atoms with Crippen molar-refractivity contribution in [1.29, 1.82) is 0 Å². The number of anilines is 2. The summed E-state index contributed by atoms with van der Waals surface area (Å²) in [6.45, 7) is 8.91. The average Bonchev–Trinajstić information content (AvgIpc) is 2.40. The molecule has 0 bridgehead atoms. The highest BCUT2D eigenvalue weighted by molar-refractivity contribution is 5.57. The highest BCUT2D eigenvalue weighted by Crippen LogP contribution is 2.36. The van der Waals surface area contributed by atoms with Gasteiger partial charge in [0.25, 0.3) is 0 Å². The molecule has 0 radical (unpaired) electrons. The van der Waals surface area contributed by atoms with Crippen LogP contribution in [-0.4, -0.2) is 23.1 Å². The molecule has 2 N–H and O–H groups in total. The Morgan fingerprint density at radius 1 is 1.25 bits per heavy atom. The van der Waals surface area contributed by atoms with Gasteiger partial charge < -0.3 is 10.6 Å². The fraction of sp³-hybridized carbons (Fsp3) is 0.750. The van der Waals surface area contributed by atoms with Crippen LogP contribution < -0.4 is 10.6 Å². The van der Waals surface area contributed by atoms with Gasteiger partial charge in [0, 0.05) is 25.1 Å². The normalized spacial score (nSPS) is 21.6. The Bertz CT molecular complexity index is 468. The van der Waals surface area contributed by atoms with E-state index in [4.69, 9.17) is 0 Å². The summed E-state index contributed by atoms with van der Waals surface area (Å²) in [4.78, 5) is 9.21. The molecule has 1 aliphatic rings. The lowest BCUT2D eigenvalue weighted by molar-refractivity contribution is 0.229. The van der Waals surface area contributed by atoms with Crippen LogP contribution in [0.5, 0.6) is 0 Å². The van der Waals surface area contributed by atoms with E-state index in [9.17, 15) is 0 Å². The lowest BCUT2D eigenvalue weighted by atomic mass is 9.75. The molecular weight excluding hydrogens is 248 g/mol. The molecule has 1 fully saturated rings. The van der Waals surface area contributed by atoms with Crippen molar-refractivity contribution in [2.75, 3.05) is 17.7 Å². The molecule has 0 amide bonds. The molecule has 0 aromatic carbocycles. The minimum Gasteiger partial charge on any atom is -0.373 e. The first-order valence-corrected chi connectivity index (χ1v) is 7.77. The molecule has 20 heavy (non-hydrogen) atoms. The third kappa shape index (κ3) is 3.41. The van der Waals surface area contributed by atoms with E-state index in [0.717, 1.165) is 29.4 Å². The smallest absolute Gasteiger partial charge is 0.134 e. The third-order valence-corrected chi connectivity index (χ3v) is 4.29. The zero-order chi connectivity index (χ0) is 14.8. The van der Waals surface area contributed by atoms with Crippen molar-refractivity contribution in [2.45, 2.75) is 65.8 Å². The van der Waals surface area contributed by atoms with E-state index in [1.165, 1.54) is 25.7 Å². The van der Waals surface area contributed by atoms with E-state index in [0.29, 0.717) is 11.5 Å². The summed E-state index contributed by atoms with van der Waals surface area (Å²) in [5.41, 5.74) is 1.56. The molecule has 1 aromatic rings. The van der Waals surface area contributed by atoms with Crippen LogP contribution in [0.4, 0.5) is 11.6 Å². The fourth-order valence-corrected chi connectivity index (χ4v) is 3.12. The Balaban J connectivity index is 2.20. The van der Waals surface area contributed by atoms with E-state index in [1.807, 2.05) is 7.05 Å². The molecule has 1 heterocycles. The first kappa shape index (κ1) is 15.1. The van der Waals surface area contributed by atoms with Crippen LogP contribution in [0.25, 0.3) is 0 Å². The van der Waals surface area contributed by atoms with E-state index in [1.54, 1.807) is 0 Å². The molecule has 1 aromatic heterocycles. The van der Waals surface area contributed by atoms with Crippen molar-refractivity contribution in [1.82, 2.24) is 9.97 Å². The lowest BCUT2D eigenvalue weighted by Gasteiger charge is -2.36. The van der Waals surface area contributed by atoms with Gasteiger partial charge in [-0.15, -0.1) is 0 Å². The number of aromatic nitrogens is 2. The van der Waals surface area contributed by atoms with Gasteiger partial charge in [-0.1, -0.05) is 27.2 Å². The van der Waals surface area contributed by atoms with Crippen molar-refractivity contribution in [3.05, 3.63) is 11.4 Å². The van der Waals surface area contributed by atoms with Crippen molar-refractivity contribution in [3.8, 4) is 0 Å². The summed E-state index contributed by atoms with van der Waals surface area (Å²) in [5, 5.41) is 6.84. The van der Waals surface area contributed by atoms with Crippen LogP contribution in [0.2, 0.25) is 0 Å². The number of nitrogens with one attached hydrogen (secondary N) is 2. The number of rotatable bonds is 4. The molecule has 112 valence electrons. The highest BCUT2D eigenvalue weighted by Gasteiger charge is 2.28. The maximum Gasteiger partial charge on any atom is 0.134 e.